The van der Waals surface area contributed by atoms with Gasteiger partial charge in [0.15, 0.2) is 4.77 Å². The molecule has 4 heteroatoms. The van der Waals surface area contributed by atoms with Crippen molar-refractivity contribution >= 4 is 23.1 Å². The zero-order chi connectivity index (χ0) is 13.4. The van der Waals surface area contributed by atoms with E-state index < -0.39 is 0 Å². The second-order valence-corrected chi connectivity index (χ2v) is 5.28. The molecular formula is C15H15N3S. The van der Waals surface area contributed by atoms with Crippen molar-refractivity contribution in [2.24, 2.45) is 0 Å². The number of pyridine rings is 1. The monoisotopic (exact) mass is 269 g/mol. The average molecular weight is 269 g/mol. The van der Waals surface area contributed by atoms with Gasteiger partial charge in [-0.2, -0.15) is 0 Å². The highest BCUT2D eigenvalue weighted by Crippen LogP contribution is 2.22. The number of aromatic amines is 1. The van der Waals surface area contributed by atoms with Crippen molar-refractivity contribution in [2.75, 3.05) is 0 Å². The van der Waals surface area contributed by atoms with Crippen LogP contribution in [0.2, 0.25) is 0 Å². The Morgan fingerprint density at radius 2 is 2.11 bits per heavy atom. The Kier molecular flexibility index (Phi) is 2.95. The van der Waals surface area contributed by atoms with Gasteiger partial charge in [-0.3, -0.25) is 9.55 Å². The molecule has 0 aliphatic heterocycles. The van der Waals surface area contributed by atoms with Crippen molar-refractivity contribution in [1.82, 2.24) is 14.5 Å². The molecule has 0 aliphatic rings. The average Bonchev–Trinajstić information content (AvgIpc) is 2.80. The zero-order valence-electron chi connectivity index (χ0n) is 10.9. The molecule has 96 valence electrons. The molecule has 0 aliphatic carbocycles. The van der Waals surface area contributed by atoms with E-state index in [1.165, 1.54) is 5.69 Å². The third-order valence-electron chi connectivity index (χ3n) is 3.24. The molecule has 19 heavy (non-hydrogen) atoms. The number of aromatic nitrogens is 3. The van der Waals surface area contributed by atoms with Gasteiger partial charge in [-0.05, 0) is 42.4 Å². The quantitative estimate of drug-likeness (QED) is 0.707. The summed E-state index contributed by atoms with van der Waals surface area (Å²) in [4.78, 5) is 7.47. The minimum absolute atomic E-state index is 0.414. The Hall–Kier alpha value is -1.94. The van der Waals surface area contributed by atoms with Gasteiger partial charge in [-0.15, -0.1) is 0 Å². The molecule has 0 atom stereocenters. The molecule has 0 saturated heterocycles. The number of nitrogens with one attached hydrogen (secondary N) is 1. The largest absolute Gasteiger partial charge is 0.337 e. The summed E-state index contributed by atoms with van der Waals surface area (Å²) in [6.45, 7) is 4.33. The number of nitrogens with zero attached hydrogens (tertiary/aromatic N) is 2. The number of benzene rings is 1. The molecule has 0 bridgehead atoms. The van der Waals surface area contributed by atoms with Gasteiger partial charge in [0.25, 0.3) is 0 Å². The first-order chi connectivity index (χ1) is 9.16. The van der Waals surface area contributed by atoms with E-state index in [9.17, 15) is 0 Å². The van der Waals surface area contributed by atoms with Crippen molar-refractivity contribution in [1.29, 1.82) is 0 Å². The molecule has 1 aromatic carbocycles. The number of hydrogen-bond acceptors (Lipinski definition) is 2. The van der Waals surface area contributed by atoms with Gasteiger partial charge >= 0.3 is 0 Å². The van der Waals surface area contributed by atoms with Crippen LogP contribution in [0.15, 0.2) is 42.7 Å². The third kappa shape index (κ3) is 2.08. The van der Waals surface area contributed by atoms with Crippen molar-refractivity contribution in [3.8, 4) is 5.69 Å². The highest BCUT2D eigenvalue weighted by atomic mass is 32.1. The lowest BCUT2D eigenvalue weighted by Crippen LogP contribution is -2.01. The summed E-state index contributed by atoms with van der Waals surface area (Å²) in [5.74, 6) is 0.414. The first-order valence-corrected chi connectivity index (χ1v) is 6.73. The lowest BCUT2D eigenvalue weighted by atomic mass is 10.1. The van der Waals surface area contributed by atoms with Gasteiger partial charge < -0.3 is 4.98 Å². The number of rotatable bonds is 2. The minimum Gasteiger partial charge on any atom is -0.337 e. The van der Waals surface area contributed by atoms with E-state index in [2.05, 4.69) is 46.6 Å². The van der Waals surface area contributed by atoms with Crippen LogP contribution in [-0.2, 0) is 0 Å². The normalized spacial score (nSPS) is 11.3. The van der Waals surface area contributed by atoms with E-state index >= 15 is 0 Å². The van der Waals surface area contributed by atoms with Crippen LogP contribution in [-0.4, -0.2) is 14.5 Å². The Bertz CT molecular complexity index is 783. The summed E-state index contributed by atoms with van der Waals surface area (Å²) >= 11 is 5.39. The van der Waals surface area contributed by atoms with E-state index in [4.69, 9.17) is 12.2 Å². The van der Waals surface area contributed by atoms with Gasteiger partial charge in [-0.25, -0.2) is 0 Å². The van der Waals surface area contributed by atoms with Gasteiger partial charge in [0.2, 0.25) is 0 Å². The highest BCUT2D eigenvalue weighted by Gasteiger charge is 2.10. The Morgan fingerprint density at radius 3 is 2.89 bits per heavy atom. The van der Waals surface area contributed by atoms with Crippen LogP contribution < -0.4 is 0 Å². The number of H-pyrrole nitrogens is 1. The molecule has 2 aromatic heterocycles. The molecule has 0 radical (unpaired) electrons. The maximum Gasteiger partial charge on any atom is 0.182 e. The van der Waals surface area contributed by atoms with Crippen LogP contribution in [0, 0.1) is 4.77 Å². The van der Waals surface area contributed by atoms with Crippen LogP contribution >= 0.6 is 12.2 Å². The summed E-state index contributed by atoms with van der Waals surface area (Å²) in [5, 5.41) is 1.12. The van der Waals surface area contributed by atoms with E-state index in [0.29, 0.717) is 5.92 Å². The first-order valence-electron chi connectivity index (χ1n) is 6.32. The molecule has 3 aromatic rings. The van der Waals surface area contributed by atoms with E-state index in [1.807, 2.05) is 24.5 Å². The lowest BCUT2D eigenvalue weighted by Gasteiger charge is -2.11. The van der Waals surface area contributed by atoms with Crippen molar-refractivity contribution < 1.29 is 0 Å². The summed E-state index contributed by atoms with van der Waals surface area (Å²) < 4.78 is 2.82. The zero-order valence-corrected chi connectivity index (χ0v) is 11.7. The van der Waals surface area contributed by atoms with Gasteiger partial charge in [0.05, 0.1) is 5.52 Å². The van der Waals surface area contributed by atoms with Crippen LogP contribution in [0.1, 0.15) is 25.5 Å². The Morgan fingerprint density at radius 1 is 1.26 bits per heavy atom. The standard InChI is InChI=1S/C15H15N3S/c1-10(2)14-9-17-15(19)18(14)12-5-6-13-11(8-12)4-3-7-16-13/h3-10H,1-2H3,(H,17,19). The molecular weight excluding hydrogens is 254 g/mol. The molecule has 0 saturated carbocycles. The predicted octanol–water partition coefficient (Wildman–Crippen LogP) is 4.21. The fourth-order valence-corrected chi connectivity index (χ4v) is 2.55. The highest BCUT2D eigenvalue weighted by molar-refractivity contribution is 7.71. The van der Waals surface area contributed by atoms with E-state index in [0.717, 1.165) is 21.4 Å². The van der Waals surface area contributed by atoms with Crippen LogP contribution in [0.4, 0.5) is 0 Å². The maximum absolute atomic E-state index is 5.39. The summed E-state index contributed by atoms with van der Waals surface area (Å²) in [6, 6.07) is 10.2. The molecule has 1 N–H and O–H groups in total. The van der Waals surface area contributed by atoms with Crippen molar-refractivity contribution in [3.63, 3.8) is 0 Å². The molecule has 0 unspecified atom stereocenters. The van der Waals surface area contributed by atoms with Crippen LogP contribution in [0.5, 0.6) is 0 Å². The van der Waals surface area contributed by atoms with Crippen LogP contribution in [0.3, 0.4) is 0 Å². The minimum atomic E-state index is 0.414. The molecule has 3 nitrogen and oxygen atoms in total. The Balaban J connectivity index is 2.24. The van der Waals surface area contributed by atoms with E-state index in [-0.39, 0.29) is 0 Å². The first kappa shape index (κ1) is 12.1. The summed E-state index contributed by atoms with van der Waals surface area (Å²) in [7, 11) is 0. The van der Waals surface area contributed by atoms with Crippen molar-refractivity contribution in [3.05, 3.63) is 53.2 Å². The topological polar surface area (TPSA) is 33.6 Å². The number of hydrogen-bond donors (Lipinski definition) is 1. The SMILES string of the molecule is CC(C)c1c[nH]c(=S)n1-c1ccc2ncccc2c1. The van der Waals surface area contributed by atoms with Gasteiger partial charge in [-0.1, -0.05) is 19.9 Å². The number of fused-ring (bicyclic) bond motifs is 1. The molecule has 0 fully saturated rings. The third-order valence-corrected chi connectivity index (χ3v) is 3.54. The predicted molar refractivity (Wildman–Crippen MR) is 80.3 cm³/mol. The summed E-state index contributed by atoms with van der Waals surface area (Å²) in [5.41, 5.74) is 3.27. The van der Waals surface area contributed by atoms with Crippen molar-refractivity contribution in [2.45, 2.75) is 19.8 Å². The smallest absolute Gasteiger partial charge is 0.182 e. The maximum atomic E-state index is 5.39. The number of imidazole rings is 1. The Labute approximate surface area is 116 Å². The van der Waals surface area contributed by atoms with E-state index in [1.54, 1.807) is 0 Å². The second-order valence-electron chi connectivity index (χ2n) is 4.89. The fraction of sp³-hybridized carbons (Fsp3) is 0.200. The van der Waals surface area contributed by atoms with Crippen LogP contribution in [0.25, 0.3) is 16.6 Å². The molecule has 3 rings (SSSR count). The summed E-state index contributed by atoms with van der Waals surface area (Å²) in [6.07, 6.45) is 3.80. The molecule has 0 spiro atoms. The van der Waals surface area contributed by atoms with Gasteiger partial charge in [0, 0.05) is 29.2 Å². The molecule has 2 heterocycles. The van der Waals surface area contributed by atoms with Gasteiger partial charge in [0.1, 0.15) is 0 Å². The second kappa shape index (κ2) is 4.63. The molecule has 0 amide bonds. The lowest BCUT2D eigenvalue weighted by molar-refractivity contribution is 0.784. The fourth-order valence-electron chi connectivity index (χ4n) is 2.28.